The van der Waals surface area contributed by atoms with Crippen LogP contribution in [0.15, 0.2) is 77.9 Å². The zero-order chi connectivity index (χ0) is 27.4. The van der Waals surface area contributed by atoms with Gasteiger partial charge < -0.3 is 10.4 Å². The van der Waals surface area contributed by atoms with Gasteiger partial charge in [-0.05, 0) is 52.7 Å². The molecular formula is C28H21ClF3N3O3. The van der Waals surface area contributed by atoms with Gasteiger partial charge >= 0.3 is 0 Å². The van der Waals surface area contributed by atoms with E-state index in [2.05, 4.69) is 15.8 Å². The molecular weight excluding hydrogens is 519 g/mol. The lowest BCUT2D eigenvalue weighted by molar-refractivity contribution is 0.0137. The van der Waals surface area contributed by atoms with Gasteiger partial charge in [-0.3, -0.25) is 9.59 Å². The number of nitrogens with zero attached hydrogens (tertiary/aromatic N) is 1. The lowest BCUT2D eigenvalue weighted by Crippen LogP contribution is -2.23. The monoisotopic (exact) mass is 539 g/mol. The highest BCUT2D eigenvalue weighted by molar-refractivity contribution is 6.32. The van der Waals surface area contributed by atoms with Crippen LogP contribution in [-0.2, 0) is 12.5 Å². The van der Waals surface area contributed by atoms with Crippen molar-refractivity contribution in [1.82, 2.24) is 10.7 Å². The van der Waals surface area contributed by atoms with E-state index >= 15 is 0 Å². The average Bonchev–Trinajstić information content (AvgIpc) is 2.88. The summed E-state index contributed by atoms with van der Waals surface area (Å²) in [7, 11) is 0. The summed E-state index contributed by atoms with van der Waals surface area (Å²) in [5.74, 6) is -5.50. The van der Waals surface area contributed by atoms with E-state index < -0.39 is 29.1 Å². The highest BCUT2D eigenvalue weighted by Crippen LogP contribution is 2.30. The summed E-state index contributed by atoms with van der Waals surface area (Å²) in [5.41, 5.74) is 3.14. The number of phenolic OH excluding ortho intramolecular Hbond substituents is 1. The van der Waals surface area contributed by atoms with E-state index in [1.807, 2.05) is 0 Å². The van der Waals surface area contributed by atoms with Crippen LogP contribution in [0, 0.1) is 5.82 Å². The maximum Gasteiger partial charge on any atom is 0.273 e. The van der Waals surface area contributed by atoms with Gasteiger partial charge in [-0.2, -0.15) is 5.10 Å². The molecule has 4 rings (SSSR count). The molecule has 0 unspecified atom stereocenters. The van der Waals surface area contributed by atoms with Gasteiger partial charge in [0, 0.05) is 30.2 Å². The molecule has 10 heteroatoms. The van der Waals surface area contributed by atoms with E-state index in [4.69, 9.17) is 11.6 Å². The van der Waals surface area contributed by atoms with Crippen molar-refractivity contribution in [1.29, 1.82) is 0 Å². The second kappa shape index (κ2) is 10.9. The first kappa shape index (κ1) is 26.7. The number of carbonyl (C=O) groups excluding carboxylic acids is 2. The van der Waals surface area contributed by atoms with Gasteiger partial charge in [0.15, 0.2) is 0 Å². The number of nitrogens with one attached hydrogen (secondary N) is 2. The number of aromatic hydroxyl groups is 1. The predicted molar refractivity (Wildman–Crippen MR) is 139 cm³/mol. The standard InChI is InChI=1S/C28H21ClF3N3O3/c1-28(31,32)22-12-16(6-10-24(22)30)14-33-27(38)21-9-7-18(19-4-2-3-5-20(19)21)15-34-35-26(37)17-8-11-25(36)23(29)13-17/h2-13,15,36H,14H2,1H3,(H,33,38)(H,35,37)/b34-15+. The highest BCUT2D eigenvalue weighted by Gasteiger charge is 2.28. The molecule has 0 aliphatic rings. The molecule has 0 atom stereocenters. The van der Waals surface area contributed by atoms with E-state index in [0.717, 1.165) is 12.1 Å². The van der Waals surface area contributed by atoms with E-state index in [1.54, 1.807) is 36.4 Å². The molecule has 4 aromatic carbocycles. The molecule has 0 aromatic heterocycles. The number of phenols is 1. The lowest BCUT2D eigenvalue weighted by Gasteiger charge is -2.14. The van der Waals surface area contributed by atoms with Crippen molar-refractivity contribution in [2.24, 2.45) is 5.10 Å². The first-order chi connectivity index (χ1) is 18.0. The van der Waals surface area contributed by atoms with Crippen molar-refractivity contribution in [2.75, 3.05) is 0 Å². The van der Waals surface area contributed by atoms with Gasteiger partial charge in [-0.15, -0.1) is 0 Å². The molecule has 0 saturated heterocycles. The molecule has 4 aromatic rings. The summed E-state index contributed by atoms with van der Waals surface area (Å²) in [6, 6.07) is 17.6. The summed E-state index contributed by atoms with van der Waals surface area (Å²) in [6.07, 6.45) is 1.43. The second-order valence-corrected chi connectivity index (χ2v) is 8.91. The molecule has 0 spiro atoms. The zero-order valence-corrected chi connectivity index (χ0v) is 20.7. The first-order valence-electron chi connectivity index (χ1n) is 11.3. The fraction of sp³-hybridized carbons (Fsp3) is 0.107. The number of rotatable bonds is 7. The van der Waals surface area contributed by atoms with Crippen LogP contribution in [0.5, 0.6) is 5.75 Å². The molecule has 0 aliphatic heterocycles. The van der Waals surface area contributed by atoms with E-state index in [0.29, 0.717) is 34.4 Å². The molecule has 2 amide bonds. The van der Waals surface area contributed by atoms with Gasteiger partial charge in [-0.25, -0.2) is 18.6 Å². The zero-order valence-electron chi connectivity index (χ0n) is 19.9. The number of halogens is 4. The van der Waals surface area contributed by atoms with Crippen LogP contribution in [0.2, 0.25) is 5.02 Å². The normalized spacial score (nSPS) is 11.6. The molecule has 38 heavy (non-hydrogen) atoms. The van der Waals surface area contributed by atoms with Crippen molar-refractivity contribution in [3.63, 3.8) is 0 Å². The van der Waals surface area contributed by atoms with Gasteiger partial charge in [0.2, 0.25) is 0 Å². The minimum Gasteiger partial charge on any atom is -0.506 e. The van der Waals surface area contributed by atoms with Crippen LogP contribution in [0.4, 0.5) is 13.2 Å². The van der Waals surface area contributed by atoms with Gasteiger partial charge in [0.05, 0.1) is 16.8 Å². The summed E-state index contributed by atoms with van der Waals surface area (Å²) in [5, 5.41) is 17.5. The van der Waals surface area contributed by atoms with Crippen molar-refractivity contribution in [3.8, 4) is 5.75 Å². The number of benzene rings is 4. The van der Waals surface area contributed by atoms with Crippen LogP contribution in [0.25, 0.3) is 10.8 Å². The summed E-state index contributed by atoms with van der Waals surface area (Å²) < 4.78 is 41.1. The second-order valence-electron chi connectivity index (χ2n) is 8.50. The number of alkyl halides is 2. The molecule has 0 fully saturated rings. The summed E-state index contributed by atoms with van der Waals surface area (Å²) >= 11 is 5.84. The Bertz CT molecular complexity index is 1570. The number of fused-ring (bicyclic) bond motifs is 1. The third-order valence-electron chi connectivity index (χ3n) is 5.74. The Hall–Kier alpha value is -4.37. The smallest absolute Gasteiger partial charge is 0.273 e. The minimum absolute atomic E-state index is 0.0321. The van der Waals surface area contributed by atoms with E-state index in [9.17, 15) is 27.9 Å². The van der Waals surface area contributed by atoms with Crippen molar-refractivity contribution in [2.45, 2.75) is 19.4 Å². The van der Waals surface area contributed by atoms with Crippen molar-refractivity contribution >= 4 is 40.4 Å². The van der Waals surface area contributed by atoms with Crippen LogP contribution in [0.1, 0.15) is 44.3 Å². The topological polar surface area (TPSA) is 90.8 Å². The SMILES string of the molecule is CC(F)(F)c1cc(CNC(=O)c2ccc(/C=N/NC(=O)c3ccc(O)c(Cl)c3)c3ccccc23)ccc1F. The Balaban J connectivity index is 1.51. The van der Waals surface area contributed by atoms with E-state index in [-0.39, 0.29) is 22.9 Å². The Morgan fingerprint density at radius 1 is 1.00 bits per heavy atom. The first-order valence-corrected chi connectivity index (χ1v) is 11.7. The third-order valence-corrected chi connectivity index (χ3v) is 6.04. The molecule has 194 valence electrons. The van der Waals surface area contributed by atoms with Crippen LogP contribution < -0.4 is 10.7 Å². The number of hydrazone groups is 1. The fourth-order valence-electron chi connectivity index (χ4n) is 3.80. The van der Waals surface area contributed by atoms with E-state index in [1.165, 1.54) is 30.5 Å². The third kappa shape index (κ3) is 5.95. The van der Waals surface area contributed by atoms with Crippen LogP contribution >= 0.6 is 11.6 Å². The Morgan fingerprint density at radius 2 is 1.74 bits per heavy atom. The molecule has 6 nitrogen and oxygen atoms in total. The maximum atomic E-state index is 13.8. The Morgan fingerprint density at radius 3 is 2.45 bits per heavy atom. The largest absolute Gasteiger partial charge is 0.506 e. The number of amides is 2. The Kier molecular flexibility index (Phi) is 7.68. The molecule has 0 saturated carbocycles. The Labute approximate surface area is 220 Å². The van der Waals surface area contributed by atoms with Crippen LogP contribution in [-0.4, -0.2) is 23.1 Å². The average molecular weight is 540 g/mol. The van der Waals surface area contributed by atoms with Crippen molar-refractivity contribution in [3.05, 3.63) is 111 Å². The molecule has 0 aliphatic carbocycles. The van der Waals surface area contributed by atoms with Gasteiger partial charge in [-0.1, -0.05) is 48.0 Å². The van der Waals surface area contributed by atoms with Crippen molar-refractivity contribution < 1.29 is 27.9 Å². The minimum atomic E-state index is -3.35. The maximum absolute atomic E-state index is 13.8. The number of hydrogen-bond acceptors (Lipinski definition) is 4. The highest BCUT2D eigenvalue weighted by atomic mass is 35.5. The summed E-state index contributed by atoms with van der Waals surface area (Å²) in [6.45, 7) is 0.534. The number of hydrogen-bond donors (Lipinski definition) is 3. The van der Waals surface area contributed by atoms with Gasteiger partial charge in [0.25, 0.3) is 17.7 Å². The predicted octanol–water partition coefficient (Wildman–Crippen LogP) is 6.14. The molecule has 0 bridgehead atoms. The lowest BCUT2D eigenvalue weighted by atomic mass is 9.99. The van der Waals surface area contributed by atoms with Crippen LogP contribution in [0.3, 0.4) is 0 Å². The number of carbonyl (C=O) groups is 2. The molecule has 0 heterocycles. The fourth-order valence-corrected chi connectivity index (χ4v) is 3.98. The summed E-state index contributed by atoms with van der Waals surface area (Å²) in [4.78, 5) is 25.3. The molecule has 3 N–H and O–H groups in total. The molecule has 0 radical (unpaired) electrons. The quantitative estimate of drug-likeness (QED) is 0.194. The van der Waals surface area contributed by atoms with Gasteiger partial charge in [0.1, 0.15) is 11.6 Å².